The molecule has 2 amide bonds. The molecule has 4 nitrogen and oxygen atoms in total. The first-order valence-corrected chi connectivity index (χ1v) is 6.18. The van der Waals surface area contributed by atoms with Crippen LogP contribution in [0.2, 0.25) is 0 Å². The molecular weight excluding hydrogens is 204 g/mol. The highest BCUT2D eigenvalue weighted by molar-refractivity contribution is 5.93. The van der Waals surface area contributed by atoms with Gasteiger partial charge in [-0.15, -0.1) is 0 Å². The number of carbonyl (C=O) groups is 2. The lowest BCUT2D eigenvalue weighted by atomic mass is 9.84. The van der Waals surface area contributed by atoms with Gasteiger partial charge in [-0.05, 0) is 25.7 Å². The molecule has 2 aliphatic rings. The van der Waals surface area contributed by atoms with Gasteiger partial charge < -0.3 is 10.2 Å². The summed E-state index contributed by atoms with van der Waals surface area (Å²) in [7, 11) is 0. The maximum absolute atomic E-state index is 12.2. The van der Waals surface area contributed by atoms with Crippen molar-refractivity contribution in [1.29, 1.82) is 0 Å². The second kappa shape index (κ2) is 4.07. The molecule has 16 heavy (non-hydrogen) atoms. The topological polar surface area (TPSA) is 49.4 Å². The predicted molar refractivity (Wildman–Crippen MR) is 60.8 cm³/mol. The minimum absolute atomic E-state index is 0.0247. The van der Waals surface area contributed by atoms with Crippen molar-refractivity contribution in [2.75, 3.05) is 13.1 Å². The molecule has 1 N–H and O–H groups in total. The standard InChI is InChI=1S/C12H20N2O2/c1-9(2)10(15)14-8-4-3-5-12(14)6-7-13-11(12)16/h9H,3-8H2,1-2H3,(H,13,16). The van der Waals surface area contributed by atoms with Gasteiger partial charge in [0.05, 0.1) is 0 Å². The average molecular weight is 224 g/mol. The Bertz CT molecular complexity index is 314. The van der Waals surface area contributed by atoms with E-state index in [0.717, 1.165) is 32.2 Å². The molecular formula is C12H20N2O2. The van der Waals surface area contributed by atoms with E-state index in [1.807, 2.05) is 18.7 Å². The molecule has 2 saturated heterocycles. The van der Waals surface area contributed by atoms with Gasteiger partial charge in [0.25, 0.3) is 0 Å². The third kappa shape index (κ3) is 1.60. The summed E-state index contributed by atoms with van der Waals surface area (Å²) >= 11 is 0. The molecule has 0 aromatic carbocycles. The van der Waals surface area contributed by atoms with Crippen molar-refractivity contribution in [3.8, 4) is 0 Å². The first-order chi connectivity index (χ1) is 7.58. The third-order valence-electron chi connectivity index (χ3n) is 3.75. The zero-order valence-electron chi connectivity index (χ0n) is 10.1. The summed E-state index contributed by atoms with van der Waals surface area (Å²) < 4.78 is 0. The lowest BCUT2D eigenvalue weighted by Crippen LogP contribution is -2.59. The molecule has 0 bridgehead atoms. The van der Waals surface area contributed by atoms with Crippen LogP contribution < -0.4 is 5.32 Å². The lowest BCUT2D eigenvalue weighted by Gasteiger charge is -2.43. The number of amides is 2. The van der Waals surface area contributed by atoms with Gasteiger partial charge in [-0.3, -0.25) is 9.59 Å². The molecule has 0 aliphatic carbocycles. The van der Waals surface area contributed by atoms with Crippen LogP contribution in [0.3, 0.4) is 0 Å². The van der Waals surface area contributed by atoms with Crippen LogP contribution in [0.25, 0.3) is 0 Å². The maximum Gasteiger partial charge on any atom is 0.246 e. The van der Waals surface area contributed by atoms with Crippen LogP contribution in [0.1, 0.15) is 39.5 Å². The Labute approximate surface area is 96.4 Å². The molecule has 2 rings (SSSR count). The molecule has 0 radical (unpaired) electrons. The number of likely N-dealkylation sites (tertiary alicyclic amines) is 1. The Morgan fingerprint density at radius 2 is 2.12 bits per heavy atom. The summed E-state index contributed by atoms with van der Waals surface area (Å²) in [4.78, 5) is 26.0. The molecule has 4 heteroatoms. The van der Waals surface area contributed by atoms with E-state index in [2.05, 4.69) is 5.32 Å². The van der Waals surface area contributed by atoms with Gasteiger partial charge in [0, 0.05) is 19.0 Å². The average Bonchev–Trinajstić information content (AvgIpc) is 2.61. The van der Waals surface area contributed by atoms with Crippen LogP contribution in [0.4, 0.5) is 0 Å². The van der Waals surface area contributed by atoms with Crippen LogP contribution in [0.15, 0.2) is 0 Å². The number of rotatable bonds is 1. The molecule has 2 heterocycles. The van der Waals surface area contributed by atoms with E-state index < -0.39 is 5.54 Å². The number of carbonyl (C=O) groups excluding carboxylic acids is 2. The second-order valence-corrected chi connectivity index (χ2v) is 5.14. The van der Waals surface area contributed by atoms with Gasteiger partial charge in [0.2, 0.25) is 11.8 Å². The van der Waals surface area contributed by atoms with E-state index >= 15 is 0 Å². The highest BCUT2D eigenvalue weighted by atomic mass is 16.2. The fraction of sp³-hybridized carbons (Fsp3) is 0.833. The molecule has 2 fully saturated rings. The molecule has 2 aliphatic heterocycles. The van der Waals surface area contributed by atoms with Crippen molar-refractivity contribution < 1.29 is 9.59 Å². The zero-order valence-corrected chi connectivity index (χ0v) is 10.1. The van der Waals surface area contributed by atoms with E-state index in [9.17, 15) is 9.59 Å². The van der Waals surface area contributed by atoms with E-state index in [4.69, 9.17) is 0 Å². The Kier molecular flexibility index (Phi) is 2.91. The van der Waals surface area contributed by atoms with E-state index in [-0.39, 0.29) is 17.7 Å². The van der Waals surface area contributed by atoms with E-state index in [0.29, 0.717) is 6.54 Å². The van der Waals surface area contributed by atoms with Crippen molar-refractivity contribution in [2.24, 2.45) is 5.92 Å². The fourth-order valence-electron chi connectivity index (χ4n) is 2.83. The third-order valence-corrected chi connectivity index (χ3v) is 3.75. The maximum atomic E-state index is 12.2. The van der Waals surface area contributed by atoms with Crippen molar-refractivity contribution in [2.45, 2.75) is 45.1 Å². The Hall–Kier alpha value is -1.06. The minimum Gasteiger partial charge on any atom is -0.354 e. The van der Waals surface area contributed by atoms with Crippen molar-refractivity contribution in [1.82, 2.24) is 10.2 Å². The molecule has 1 unspecified atom stereocenters. The second-order valence-electron chi connectivity index (χ2n) is 5.14. The summed E-state index contributed by atoms with van der Waals surface area (Å²) in [5, 5.41) is 2.87. The normalized spacial score (nSPS) is 29.9. The predicted octanol–water partition coefficient (Wildman–Crippen LogP) is 0.914. The first kappa shape index (κ1) is 11.4. The van der Waals surface area contributed by atoms with Crippen LogP contribution in [-0.2, 0) is 9.59 Å². The summed E-state index contributed by atoms with van der Waals surface area (Å²) in [6.07, 6.45) is 3.68. The summed E-state index contributed by atoms with van der Waals surface area (Å²) in [6, 6.07) is 0. The molecule has 0 saturated carbocycles. The Morgan fingerprint density at radius 3 is 2.69 bits per heavy atom. The molecule has 0 aromatic heterocycles. The smallest absolute Gasteiger partial charge is 0.246 e. The molecule has 1 spiro atoms. The number of nitrogens with zero attached hydrogens (tertiary/aromatic N) is 1. The highest BCUT2D eigenvalue weighted by Crippen LogP contribution is 2.35. The molecule has 0 aromatic rings. The monoisotopic (exact) mass is 224 g/mol. The van der Waals surface area contributed by atoms with Gasteiger partial charge in [-0.25, -0.2) is 0 Å². The zero-order chi connectivity index (χ0) is 11.8. The van der Waals surface area contributed by atoms with Gasteiger partial charge >= 0.3 is 0 Å². The Balaban J connectivity index is 2.26. The number of piperidine rings is 1. The fourth-order valence-corrected chi connectivity index (χ4v) is 2.83. The van der Waals surface area contributed by atoms with Crippen molar-refractivity contribution in [3.63, 3.8) is 0 Å². The highest BCUT2D eigenvalue weighted by Gasteiger charge is 2.50. The number of hydrogen-bond donors (Lipinski definition) is 1. The van der Waals surface area contributed by atoms with Gasteiger partial charge in [0.1, 0.15) is 5.54 Å². The SMILES string of the molecule is CC(C)C(=O)N1CCCCC12CCNC2=O. The quantitative estimate of drug-likeness (QED) is 0.720. The first-order valence-electron chi connectivity index (χ1n) is 6.18. The Morgan fingerprint density at radius 1 is 1.38 bits per heavy atom. The van der Waals surface area contributed by atoms with Crippen LogP contribution in [-0.4, -0.2) is 35.3 Å². The lowest BCUT2D eigenvalue weighted by molar-refractivity contribution is -0.150. The minimum atomic E-state index is -0.514. The van der Waals surface area contributed by atoms with Crippen LogP contribution in [0, 0.1) is 5.92 Å². The molecule has 1 atom stereocenters. The molecule has 90 valence electrons. The van der Waals surface area contributed by atoms with Crippen LogP contribution in [0.5, 0.6) is 0 Å². The van der Waals surface area contributed by atoms with E-state index in [1.54, 1.807) is 0 Å². The number of hydrogen-bond acceptors (Lipinski definition) is 2. The summed E-state index contributed by atoms with van der Waals surface area (Å²) in [6.45, 7) is 5.25. The number of nitrogens with one attached hydrogen (secondary N) is 1. The van der Waals surface area contributed by atoms with Crippen molar-refractivity contribution in [3.05, 3.63) is 0 Å². The van der Waals surface area contributed by atoms with Gasteiger partial charge in [-0.2, -0.15) is 0 Å². The van der Waals surface area contributed by atoms with Gasteiger partial charge in [0.15, 0.2) is 0 Å². The van der Waals surface area contributed by atoms with Gasteiger partial charge in [-0.1, -0.05) is 13.8 Å². The largest absolute Gasteiger partial charge is 0.354 e. The van der Waals surface area contributed by atoms with Crippen LogP contribution >= 0.6 is 0 Å². The van der Waals surface area contributed by atoms with E-state index in [1.165, 1.54) is 0 Å². The van der Waals surface area contributed by atoms with Crippen molar-refractivity contribution >= 4 is 11.8 Å². The summed E-state index contributed by atoms with van der Waals surface area (Å²) in [5.41, 5.74) is -0.514. The summed E-state index contributed by atoms with van der Waals surface area (Å²) in [5.74, 6) is 0.154.